The predicted molar refractivity (Wildman–Crippen MR) is 60.1 cm³/mol. The van der Waals surface area contributed by atoms with Gasteiger partial charge in [0.2, 0.25) is 0 Å². The van der Waals surface area contributed by atoms with E-state index in [1.54, 1.807) is 12.1 Å². The van der Waals surface area contributed by atoms with Crippen molar-refractivity contribution in [3.8, 4) is 0 Å². The van der Waals surface area contributed by atoms with Crippen LogP contribution < -0.4 is 0 Å². The summed E-state index contributed by atoms with van der Waals surface area (Å²) in [6, 6.07) is 4.69. The minimum absolute atomic E-state index is 0.337. The Kier molecular flexibility index (Phi) is 2.83. The molecule has 4 heteroatoms. The van der Waals surface area contributed by atoms with E-state index in [1.807, 2.05) is 11.9 Å². The predicted octanol–water partition coefficient (Wildman–Crippen LogP) is 2.11. The second-order valence-corrected chi connectivity index (χ2v) is 5.06. The van der Waals surface area contributed by atoms with Gasteiger partial charge in [-0.3, -0.25) is 0 Å². The lowest BCUT2D eigenvalue weighted by molar-refractivity contribution is 0.0452. The van der Waals surface area contributed by atoms with Crippen LogP contribution in [0.2, 0.25) is 0 Å². The molecule has 1 fully saturated rings. The number of hydrogen-bond donors (Lipinski definition) is 1. The molecule has 0 spiro atoms. The number of hydrogen-bond acceptors (Lipinski definition) is 2. The molecule has 0 amide bonds. The maximum atomic E-state index is 13.6. The summed E-state index contributed by atoms with van der Waals surface area (Å²) < 4.78 is 14.4. The van der Waals surface area contributed by atoms with Crippen molar-refractivity contribution in [2.75, 3.05) is 20.1 Å². The van der Waals surface area contributed by atoms with Gasteiger partial charge in [-0.05, 0) is 31.7 Å². The Morgan fingerprint density at radius 3 is 2.87 bits per heavy atom. The molecule has 0 bridgehead atoms. The first-order chi connectivity index (χ1) is 7.01. The number of likely N-dealkylation sites (N-methyl/N-ethyl adjacent to an activating group) is 1. The van der Waals surface area contributed by atoms with Crippen LogP contribution in [0.25, 0.3) is 0 Å². The molecule has 1 N–H and O–H groups in total. The minimum atomic E-state index is -1.04. The molecule has 0 aliphatic carbocycles. The van der Waals surface area contributed by atoms with Gasteiger partial charge in [0.15, 0.2) is 0 Å². The van der Waals surface area contributed by atoms with E-state index in [2.05, 4.69) is 15.9 Å². The molecule has 1 aromatic rings. The molecule has 15 heavy (non-hydrogen) atoms. The molecule has 0 saturated carbocycles. The van der Waals surface area contributed by atoms with Crippen LogP contribution in [0.3, 0.4) is 0 Å². The van der Waals surface area contributed by atoms with Gasteiger partial charge in [0.1, 0.15) is 11.4 Å². The van der Waals surface area contributed by atoms with Crippen LogP contribution >= 0.6 is 15.9 Å². The summed E-state index contributed by atoms with van der Waals surface area (Å²) in [5.41, 5.74) is -0.649. The Morgan fingerprint density at radius 1 is 1.53 bits per heavy atom. The highest BCUT2D eigenvalue weighted by atomic mass is 79.9. The monoisotopic (exact) mass is 273 g/mol. The molecule has 2 nitrogen and oxygen atoms in total. The summed E-state index contributed by atoms with van der Waals surface area (Å²) in [6.07, 6.45) is 0.580. The molecular formula is C11H13BrFNO. The first-order valence-electron chi connectivity index (χ1n) is 4.88. The lowest BCUT2D eigenvalue weighted by Gasteiger charge is -2.23. The Labute approximate surface area is 96.8 Å². The molecular weight excluding hydrogens is 261 g/mol. The maximum absolute atomic E-state index is 13.6. The van der Waals surface area contributed by atoms with Gasteiger partial charge in [0.25, 0.3) is 0 Å². The Hall–Kier alpha value is -0.450. The second kappa shape index (κ2) is 3.85. The first kappa shape index (κ1) is 11.0. The fourth-order valence-electron chi connectivity index (χ4n) is 2.05. The quantitative estimate of drug-likeness (QED) is 0.847. The number of halogens is 2. The maximum Gasteiger partial charge on any atom is 0.129 e. The molecule has 1 saturated heterocycles. The van der Waals surface area contributed by atoms with Crippen LogP contribution in [0, 0.1) is 5.82 Å². The fraction of sp³-hybridized carbons (Fsp3) is 0.455. The Morgan fingerprint density at radius 2 is 2.27 bits per heavy atom. The standard InChI is InChI=1S/C11H13BrFNO/c1-14-5-4-11(15,7-14)9-6-8(12)2-3-10(9)13/h2-3,6,15H,4-5,7H2,1H3. The van der Waals surface area contributed by atoms with Crippen molar-refractivity contribution >= 4 is 15.9 Å². The van der Waals surface area contributed by atoms with Crippen molar-refractivity contribution in [1.29, 1.82) is 0 Å². The number of benzene rings is 1. The molecule has 0 aromatic heterocycles. The van der Waals surface area contributed by atoms with Crippen LogP contribution in [-0.2, 0) is 5.60 Å². The Bertz CT molecular complexity index is 385. The summed E-state index contributed by atoms with van der Waals surface area (Å²) in [5.74, 6) is -0.337. The third-order valence-corrected chi connectivity index (χ3v) is 3.36. The zero-order valence-corrected chi connectivity index (χ0v) is 10.1. The number of rotatable bonds is 1. The van der Waals surface area contributed by atoms with Crippen molar-refractivity contribution in [2.24, 2.45) is 0 Å². The van der Waals surface area contributed by atoms with Crippen LogP contribution in [-0.4, -0.2) is 30.1 Å². The van der Waals surface area contributed by atoms with Gasteiger partial charge in [-0.15, -0.1) is 0 Å². The summed E-state index contributed by atoms with van der Waals surface area (Å²) in [5, 5.41) is 10.3. The summed E-state index contributed by atoms with van der Waals surface area (Å²) in [7, 11) is 1.92. The van der Waals surface area contributed by atoms with Crippen molar-refractivity contribution in [3.63, 3.8) is 0 Å². The van der Waals surface area contributed by atoms with Gasteiger partial charge >= 0.3 is 0 Å². The van der Waals surface area contributed by atoms with Gasteiger partial charge in [-0.1, -0.05) is 15.9 Å². The highest BCUT2D eigenvalue weighted by molar-refractivity contribution is 9.10. The van der Waals surface area contributed by atoms with E-state index < -0.39 is 5.60 Å². The van der Waals surface area contributed by atoms with Gasteiger partial charge in [-0.2, -0.15) is 0 Å². The van der Waals surface area contributed by atoms with E-state index in [0.717, 1.165) is 11.0 Å². The van der Waals surface area contributed by atoms with Crippen LogP contribution in [0.1, 0.15) is 12.0 Å². The number of β-amino-alcohol motifs (C(OH)–C–C–N with tert-alkyl or cyclic N) is 1. The van der Waals surface area contributed by atoms with E-state index in [4.69, 9.17) is 0 Å². The molecule has 1 heterocycles. The van der Waals surface area contributed by atoms with Gasteiger partial charge in [0.05, 0.1) is 0 Å². The summed E-state index contributed by atoms with van der Waals surface area (Å²) in [6.45, 7) is 1.28. The molecule has 1 aliphatic heterocycles. The van der Waals surface area contributed by atoms with E-state index in [9.17, 15) is 9.50 Å². The summed E-state index contributed by atoms with van der Waals surface area (Å²) >= 11 is 3.29. The van der Waals surface area contributed by atoms with Crippen LogP contribution in [0.4, 0.5) is 4.39 Å². The molecule has 1 atom stereocenters. The van der Waals surface area contributed by atoms with E-state index >= 15 is 0 Å². The topological polar surface area (TPSA) is 23.5 Å². The normalized spacial score (nSPS) is 27.2. The minimum Gasteiger partial charge on any atom is -0.384 e. The molecule has 2 rings (SSSR count). The van der Waals surface area contributed by atoms with Crippen LogP contribution in [0.15, 0.2) is 22.7 Å². The molecule has 1 aliphatic rings. The van der Waals surface area contributed by atoms with Crippen molar-refractivity contribution in [2.45, 2.75) is 12.0 Å². The van der Waals surface area contributed by atoms with Gasteiger partial charge in [-0.25, -0.2) is 4.39 Å². The van der Waals surface area contributed by atoms with E-state index in [0.29, 0.717) is 18.5 Å². The van der Waals surface area contributed by atoms with Crippen LogP contribution in [0.5, 0.6) is 0 Å². The number of likely N-dealkylation sites (tertiary alicyclic amines) is 1. The van der Waals surface area contributed by atoms with Crippen molar-refractivity contribution in [1.82, 2.24) is 4.90 Å². The highest BCUT2D eigenvalue weighted by Gasteiger charge is 2.38. The summed E-state index contributed by atoms with van der Waals surface area (Å²) in [4.78, 5) is 2.00. The zero-order valence-electron chi connectivity index (χ0n) is 8.50. The van der Waals surface area contributed by atoms with Gasteiger partial charge in [0, 0.05) is 23.1 Å². The average molecular weight is 274 g/mol. The van der Waals surface area contributed by atoms with Crippen molar-refractivity contribution in [3.05, 3.63) is 34.1 Å². The number of nitrogens with zero attached hydrogens (tertiary/aromatic N) is 1. The number of aliphatic hydroxyl groups is 1. The fourth-order valence-corrected chi connectivity index (χ4v) is 2.42. The van der Waals surface area contributed by atoms with E-state index in [-0.39, 0.29) is 5.82 Å². The zero-order chi connectivity index (χ0) is 11.1. The third kappa shape index (κ3) is 2.07. The third-order valence-electron chi connectivity index (χ3n) is 2.87. The molecule has 82 valence electrons. The van der Waals surface area contributed by atoms with Gasteiger partial charge < -0.3 is 10.0 Å². The molecule has 0 radical (unpaired) electrons. The first-order valence-corrected chi connectivity index (χ1v) is 5.67. The highest BCUT2D eigenvalue weighted by Crippen LogP contribution is 2.34. The smallest absolute Gasteiger partial charge is 0.129 e. The lowest BCUT2D eigenvalue weighted by Crippen LogP contribution is -2.30. The SMILES string of the molecule is CN1CCC(O)(c2cc(Br)ccc2F)C1. The largest absolute Gasteiger partial charge is 0.384 e. The molecule has 1 unspecified atom stereocenters. The Balaban J connectivity index is 2.40. The average Bonchev–Trinajstić information content (AvgIpc) is 2.52. The molecule has 1 aromatic carbocycles. The second-order valence-electron chi connectivity index (χ2n) is 4.14. The van der Waals surface area contributed by atoms with E-state index in [1.165, 1.54) is 6.07 Å². The van der Waals surface area contributed by atoms with Crippen molar-refractivity contribution < 1.29 is 9.50 Å². The lowest BCUT2D eigenvalue weighted by atomic mass is 9.93.